The number of ketones is 1. The number of carbonyl (C=O) groups excluding carboxylic acids is 1. The molecule has 0 aliphatic heterocycles. The van der Waals surface area contributed by atoms with E-state index < -0.39 is 12.0 Å². The molecule has 94 valence electrons. The van der Waals surface area contributed by atoms with Crippen LogP contribution < -0.4 is 4.74 Å². The molecule has 0 radical (unpaired) electrons. The SMILES string of the molecule is COc1ccc(C(C(C)=O)C(O)CCO)cc1. The van der Waals surface area contributed by atoms with E-state index in [1.54, 1.807) is 31.4 Å². The smallest absolute Gasteiger partial charge is 0.139 e. The molecule has 0 heterocycles. The molecule has 1 rings (SSSR count). The van der Waals surface area contributed by atoms with Crippen LogP contribution in [0, 0.1) is 0 Å². The fraction of sp³-hybridized carbons (Fsp3) is 0.462. The van der Waals surface area contributed by atoms with Gasteiger partial charge in [-0.05, 0) is 31.0 Å². The summed E-state index contributed by atoms with van der Waals surface area (Å²) in [7, 11) is 1.57. The highest BCUT2D eigenvalue weighted by atomic mass is 16.5. The van der Waals surface area contributed by atoms with Crippen molar-refractivity contribution in [1.29, 1.82) is 0 Å². The first kappa shape index (κ1) is 13.7. The summed E-state index contributed by atoms with van der Waals surface area (Å²) < 4.78 is 5.03. The Morgan fingerprint density at radius 2 is 1.94 bits per heavy atom. The van der Waals surface area contributed by atoms with Gasteiger partial charge in [-0.1, -0.05) is 12.1 Å². The molecular weight excluding hydrogens is 220 g/mol. The lowest BCUT2D eigenvalue weighted by molar-refractivity contribution is -0.121. The summed E-state index contributed by atoms with van der Waals surface area (Å²) in [5.41, 5.74) is 0.735. The number of ether oxygens (including phenoxy) is 1. The third-order valence-corrected chi connectivity index (χ3v) is 2.72. The van der Waals surface area contributed by atoms with E-state index >= 15 is 0 Å². The molecule has 0 aliphatic rings. The van der Waals surface area contributed by atoms with Gasteiger partial charge in [-0.2, -0.15) is 0 Å². The predicted molar refractivity (Wildman–Crippen MR) is 64.1 cm³/mol. The van der Waals surface area contributed by atoms with Gasteiger partial charge in [-0.25, -0.2) is 0 Å². The predicted octanol–water partition coefficient (Wildman–Crippen LogP) is 1.11. The highest BCUT2D eigenvalue weighted by Crippen LogP contribution is 2.24. The van der Waals surface area contributed by atoms with Crippen LogP contribution in [0.3, 0.4) is 0 Å². The highest BCUT2D eigenvalue weighted by Gasteiger charge is 2.25. The number of aliphatic hydroxyl groups is 2. The Morgan fingerprint density at radius 3 is 2.35 bits per heavy atom. The van der Waals surface area contributed by atoms with Gasteiger partial charge in [0.05, 0.1) is 19.1 Å². The fourth-order valence-corrected chi connectivity index (χ4v) is 1.84. The zero-order valence-electron chi connectivity index (χ0n) is 10.1. The van der Waals surface area contributed by atoms with Crippen LogP contribution in [-0.2, 0) is 4.79 Å². The van der Waals surface area contributed by atoms with E-state index in [9.17, 15) is 9.90 Å². The summed E-state index contributed by atoms with van der Waals surface area (Å²) in [5.74, 6) is -0.00290. The lowest BCUT2D eigenvalue weighted by Crippen LogP contribution is -2.25. The Morgan fingerprint density at radius 1 is 1.35 bits per heavy atom. The maximum atomic E-state index is 11.5. The number of hydrogen-bond donors (Lipinski definition) is 2. The molecule has 2 N–H and O–H groups in total. The van der Waals surface area contributed by atoms with Crippen molar-refractivity contribution in [1.82, 2.24) is 0 Å². The summed E-state index contributed by atoms with van der Waals surface area (Å²) in [5, 5.41) is 18.7. The molecule has 0 amide bonds. The molecule has 2 unspecified atom stereocenters. The highest BCUT2D eigenvalue weighted by molar-refractivity contribution is 5.84. The molecule has 0 aromatic heterocycles. The third-order valence-electron chi connectivity index (χ3n) is 2.72. The first-order valence-corrected chi connectivity index (χ1v) is 5.53. The van der Waals surface area contributed by atoms with Gasteiger partial charge in [-0.3, -0.25) is 4.79 Å². The van der Waals surface area contributed by atoms with E-state index in [4.69, 9.17) is 9.84 Å². The molecular formula is C13H18O4. The van der Waals surface area contributed by atoms with Crippen molar-refractivity contribution in [3.05, 3.63) is 29.8 Å². The zero-order valence-corrected chi connectivity index (χ0v) is 10.1. The van der Waals surface area contributed by atoms with Gasteiger partial charge in [0, 0.05) is 6.61 Å². The standard InChI is InChI=1S/C13H18O4/c1-9(15)13(12(16)7-8-14)10-3-5-11(17-2)6-4-10/h3-6,12-14,16H,7-8H2,1-2H3. The van der Waals surface area contributed by atoms with E-state index in [0.717, 1.165) is 5.56 Å². The first-order chi connectivity index (χ1) is 8.10. The molecule has 0 saturated carbocycles. The van der Waals surface area contributed by atoms with Gasteiger partial charge in [0.25, 0.3) is 0 Å². The number of Topliss-reactive ketones (excluding diaryl/α,β-unsaturated/α-hetero) is 1. The van der Waals surface area contributed by atoms with Crippen molar-refractivity contribution in [3.8, 4) is 5.75 Å². The molecule has 2 atom stereocenters. The number of hydrogen-bond acceptors (Lipinski definition) is 4. The van der Waals surface area contributed by atoms with Crippen molar-refractivity contribution >= 4 is 5.78 Å². The van der Waals surface area contributed by atoms with Crippen LogP contribution in [0.5, 0.6) is 5.75 Å². The summed E-state index contributed by atoms with van der Waals surface area (Å²) in [6.07, 6.45) is -0.665. The second-order valence-corrected chi connectivity index (χ2v) is 3.94. The van der Waals surface area contributed by atoms with Crippen molar-refractivity contribution in [2.45, 2.75) is 25.4 Å². The molecule has 4 nitrogen and oxygen atoms in total. The number of rotatable bonds is 6. The monoisotopic (exact) mass is 238 g/mol. The summed E-state index contributed by atoms with van der Waals surface area (Å²) >= 11 is 0. The number of aliphatic hydroxyl groups excluding tert-OH is 2. The van der Waals surface area contributed by atoms with Crippen molar-refractivity contribution in [2.75, 3.05) is 13.7 Å². The summed E-state index contributed by atoms with van der Waals surface area (Å²) in [4.78, 5) is 11.5. The topological polar surface area (TPSA) is 66.8 Å². The van der Waals surface area contributed by atoms with Gasteiger partial charge >= 0.3 is 0 Å². The minimum absolute atomic E-state index is 0.115. The van der Waals surface area contributed by atoms with Crippen LogP contribution in [0.25, 0.3) is 0 Å². The van der Waals surface area contributed by atoms with Crippen LogP contribution in [0.2, 0.25) is 0 Å². The Labute approximate surface area is 101 Å². The van der Waals surface area contributed by atoms with E-state index in [2.05, 4.69) is 0 Å². The van der Waals surface area contributed by atoms with Gasteiger partial charge in [-0.15, -0.1) is 0 Å². The largest absolute Gasteiger partial charge is 0.497 e. The van der Waals surface area contributed by atoms with Gasteiger partial charge in [0.2, 0.25) is 0 Å². The average molecular weight is 238 g/mol. The number of carbonyl (C=O) groups is 1. The molecule has 0 fully saturated rings. The Hall–Kier alpha value is -1.39. The fourth-order valence-electron chi connectivity index (χ4n) is 1.84. The molecule has 0 saturated heterocycles. The Kier molecular flexibility index (Phi) is 5.12. The second kappa shape index (κ2) is 6.37. The van der Waals surface area contributed by atoms with Crippen LogP contribution >= 0.6 is 0 Å². The van der Waals surface area contributed by atoms with E-state index in [0.29, 0.717) is 5.75 Å². The molecule has 1 aromatic carbocycles. The quantitative estimate of drug-likeness (QED) is 0.779. The van der Waals surface area contributed by atoms with E-state index in [1.807, 2.05) is 0 Å². The van der Waals surface area contributed by atoms with Gasteiger partial charge in [0.15, 0.2) is 0 Å². The molecule has 17 heavy (non-hydrogen) atoms. The molecule has 0 spiro atoms. The molecule has 0 aliphatic carbocycles. The van der Waals surface area contributed by atoms with Crippen LogP contribution in [0.15, 0.2) is 24.3 Å². The number of methoxy groups -OCH3 is 1. The Balaban J connectivity index is 2.93. The van der Waals surface area contributed by atoms with Crippen LogP contribution in [0.4, 0.5) is 0 Å². The van der Waals surface area contributed by atoms with Crippen molar-refractivity contribution < 1.29 is 19.7 Å². The molecule has 4 heteroatoms. The third kappa shape index (κ3) is 3.54. The zero-order chi connectivity index (χ0) is 12.8. The molecule has 1 aromatic rings. The lowest BCUT2D eigenvalue weighted by Gasteiger charge is -2.20. The van der Waals surface area contributed by atoms with Crippen LogP contribution in [-0.4, -0.2) is 35.8 Å². The minimum Gasteiger partial charge on any atom is -0.497 e. The second-order valence-electron chi connectivity index (χ2n) is 3.94. The maximum absolute atomic E-state index is 11.5. The van der Waals surface area contributed by atoms with Crippen molar-refractivity contribution in [3.63, 3.8) is 0 Å². The summed E-state index contributed by atoms with van der Waals surface area (Å²) in [6, 6.07) is 7.00. The van der Waals surface area contributed by atoms with E-state index in [-0.39, 0.29) is 18.8 Å². The lowest BCUT2D eigenvalue weighted by atomic mass is 9.88. The minimum atomic E-state index is -0.856. The molecule has 0 bridgehead atoms. The Bertz CT molecular complexity index is 358. The normalized spacial score (nSPS) is 14.1. The average Bonchev–Trinajstić information content (AvgIpc) is 2.30. The van der Waals surface area contributed by atoms with Gasteiger partial charge in [0.1, 0.15) is 11.5 Å². The summed E-state index contributed by atoms with van der Waals surface area (Å²) in [6.45, 7) is 1.30. The van der Waals surface area contributed by atoms with Crippen LogP contribution in [0.1, 0.15) is 24.8 Å². The first-order valence-electron chi connectivity index (χ1n) is 5.53. The van der Waals surface area contributed by atoms with Crippen molar-refractivity contribution in [2.24, 2.45) is 0 Å². The van der Waals surface area contributed by atoms with Gasteiger partial charge < -0.3 is 14.9 Å². The van der Waals surface area contributed by atoms with E-state index in [1.165, 1.54) is 6.92 Å². The maximum Gasteiger partial charge on any atom is 0.139 e. The number of benzene rings is 1.